The lowest BCUT2D eigenvalue weighted by molar-refractivity contribution is -0.0282. The third-order valence-electron chi connectivity index (χ3n) is 1.18. The average Bonchev–Trinajstić information content (AvgIpc) is 1.83. The first-order chi connectivity index (χ1) is 4.54. The van der Waals surface area contributed by atoms with Crippen LogP contribution in [0.4, 0.5) is 13.2 Å². The Bertz CT molecular complexity index is 195. The molecule has 0 amide bonds. The van der Waals surface area contributed by atoms with Crippen molar-refractivity contribution in [2.45, 2.75) is 12.1 Å². The molecule has 0 saturated carbocycles. The Kier molecular flexibility index (Phi) is 1.46. The highest BCUT2D eigenvalue weighted by molar-refractivity contribution is 5.23. The summed E-state index contributed by atoms with van der Waals surface area (Å²) in [6.07, 6.45) is -0.345. The molecule has 0 aromatic carbocycles. The minimum absolute atomic E-state index is 0.414. The molecule has 56 valence electrons. The Labute approximate surface area is 55.5 Å². The van der Waals surface area contributed by atoms with E-state index in [0.29, 0.717) is 6.08 Å². The zero-order valence-electron chi connectivity index (χ0n) is 4.89. The van der Waals surface area contributed by atoms with Gasteiger partial charge in [0.15, 0.2) is 0 Å². The van der Waals surface area contributed by atoms with Crippen LogP contribution in [0.25, 0.3) is 0 Å². The first kappa shape index (κ1) is 7.18. The number of hydrogen-bond acceptors (Lipinski definition) is 1. The average molecular weight is 150 g/mol. The summed E-state index contributed by atoms with van der Waals surface area (Å²) in [5, 5.41) is 8.47. The number of hydrogen-bond donors (Lipinski definition) is 1. The minimum atomic E-state index is -3.56. The van der Waals surface area contributed by atoms with E-state index in [0.717, 1.165) is 12.2 Å². The lowest BCUT2D eigenvalue weighted by atomic mass is 10.1. The molecule has 1 rings (SSSR count). The van der Waals surface area contributed by atoms with Crippen molar-refractivity contribution in [1.29, 1.82) is 0 Å². The van der Waals surface area contributed by atoms with Crippen LogP contribution >= 0.6 is 0 Å². The molecular weight excluding hydrogens is 145 g/mol. The summed E-state index contributed by atoms with van der Waals surface area (Å²) < 4.78 is 36.6. The molecule has 0 saturated heterocycles. The van der Waals surface area contributed by atoms with Gasteiger partial charge in [-0.1, -0.05) is 6.08 Å². The van der Waals surface area contributed by atoms with Crippen LogP contribution in [0.3, 0.4) is 0 Å². The summed E-state index contributed by atoms with van der Waals surface area (Å²) in [6, 6.07) is 0. The highest BCUT2D eigenvalue weighted by Crippen LogP contribution is 2.30. The molecular formula is C6H5F3O. The first-order valence-corrected chi connectivity index (χ1v) is 2.64. The van der Waals surface area contributed by atoms with Crippen molar-refractivity contribution in [3.8, 4) is 0 Å². The first-order valence-electron chi connectivity index (χ1n) is 2.64. The molecule has 4 heteroatoms. The second kappa shape index (κ2) is 2.04. The van der Waals surface area contributed by atoms with Gasteiger partial charge in [0, 0.05) is 0 Å². The Morgan fingerprint density at radius 1 is 1.50 bits per heavy atom. The van der Waals surface area contributed by atoms with E-state index >= 15 is 0 Å². The maximum absolute atomic E-state index is 12.2. The fourth-order valence-electron chi connectivity index (χ4n) is 0.641. The van der Waals surface area contributed by atoms with Crippen LogP contribution in [-0.2, 0) is 0 Å². The van der Waals surface area contributed by atoms with Gasteiger partial charge in [0.2, 0.25) is 6.17 Å². The lowest BCUT2D eigenvalue weighted by Crippen LogP contribution is -2.30. The Morgan fingerprint density at radius 3 is 2.50 bits per heavy atom. The van der Waals surface area contributed by atoms with Gasteiger partial charge in [-0.15, -0.1) is 0 Å². The summed E-state index contributed by atoms with van der Waals surface area (Å²) >= 11 is 0. The van der Waals surface area contributed by atoms with Gasteiger partial charge in [-0.2, -0.15) is 8.78 Å². The van der Waals surface area contributed by atoms with E-state index in [2.05, 4.69) is 0 Å². The fourth-order valence-corrected chi connectivity index (χ4v) is 0.641. The van der Waals surface area contributed by atoms with E-state index in [4.69, 9.17) is 5.11 Å². The quantitative estimate of drug-likeness (QED) is 0.559. The van der Waals surface area contributed by atoms with E-state index in [1.807, 2.05) is 0 Å². The maximum Gasteiger partial charge on any atom is 0.304 e. The van der Waals surface area contributed by atoms with Gasteiger partial charge >= 0.3 is 5.92 Å². The Hall–Kier alpha value is -0.930. The van der Waals surface area contributed by atoms with E-state index in [1.165, 1.54) is 0 Å². The Morgan fingerprint density at radius 2 is 2.10 bits per heavy atom. The van der Waals surface area contributed by atoms with E-state index in [1.54, 1.807) is 0 Å². The van der Waals surface area contributed by atoms with Gasteiger partial charge in [0.1, 0.15) is 5.76 Å². The molecule has 0 aromatic rings. The molecule has 0 radical (unpaired) electrons. The fraction of sp³-hybridized carbons (Fsp3) is 0.333. The summed E-state index contributed by atoms with van der Waals surface area (Å²) in [6.45, 7) is 0. The van der Waals surface area contributed by atoms with Gasteiger partial charge in [-0.05, 0) is 12.2 Å². The molecule has 1 N–H and O–H groups in total. The third kappa shape index (κ3) is 1.01. The van der Waals surface area contributed by atoms with Gasteiger partial charge in [0.25, 0.3) is 0 Å². The van der Waals surface area contributed by atoms with Gasteiger partial charge < -0.3 is 5.11 Å². The molecule has 1 unspecified atom stereocenters. The number of alkyl halides is 3. The van der Waals surface area contributed by atoms with Crippen LogP contribution in [0.2, 0.25) is 0 Å². The highest BCUT2D eigenvalue weighted by atomic mass is 19.3. The lowest BCUT2D eigenvalue weighted by Gasteiger charge is -2.18. The van der Waals surface area contributed by atoms with Crippen LogP contribution in [0, 0.1) is 0 Å². The zero-order valence-corrected chi connectivity index (χ0v) is 4.89. The number of halogens is 3. The molecule has 10 heavy (non-hydrogen) atoms. The highest BCUT2D eigenvalue weighted by Gasteiger charge is 2.41. The maximum atomic E-state index is 12.2. The summed E-state index contributed by atoms with van der Waals surface area (Å²) in [4.78, 5) is 0. The van der Waals surface area contributed by atoms with Crippen LogP contribution in [0.5, 0.6) is 0 Å². The molecule has 0 heterocycles. The van der Waals surface area contributed by atoms with Crippen molar-refractivity contribution in [2.24, 2.45) is 0 Å². The number of aliphatic hydroxyl groups excluding tert-OH is 1. The van der Waals surface area contributed by atoms with Gasteiger partial charge in [-0.3, -0.25) is 0 Å². The second-order valence-corrected chi connectivity index (χ2v) is 1.99. The molecule has 1 atom stereocenters. The number of allylic oxidation sites excluding steroid dienone is 4. The molecule has 0 aromatic heterocycles. The standard InChI is InChI=1S/C6H5F3O/c7-5-4(10)2-1-3-6(5,8)9/h1-3,5,10H. The van der Waals surface area contributed by atoms with Crippen LogP contribution < -0.4 is 0 Å². The van der Waals surface area contributed by atoms with Crippen molar-refractivity contribution < 1.29 is 18.3 Å². The van der Waals surface area contributed by atoms with Gasteiger partial charge in [0.05, 0.1) is 0 Å². The van der Waals surface area contributed by atoms with Crippen molar-refractivity contribution in [3.05, 3.63) is 24.0 Å². The smallest absolute Gasteiger partial charge is 0.304 e. The minimum Gasteiger partial charge on any atom is -0.509 e. The number of aliphatic hydroxyl groups is 1. The molecule has 1 nitrogen and oxygen atoms in total. The van der Waals surface area contributed by atoms with Crippen molar-refractivity contribution in [1.82, 2.24) is 0 Å². The van der Waals surface area contributed by atoms with Crippen molar-refractivity contribution >= 4 is 0 Å². The molecule has 0 aliphatic heterocycles. The SMILES string of the molecule is OC1=CC=CC(F)(F)C1F. The normalized spacial score (nSPS) is 29.9. The van der Waals surface area contributed by atoms with E-state index in [9.17, 15) is 13.2 Å². The van der Waals surface area contributed by atoms with Crippen molar-refractivity contribution in [3.63, 3.8) is 0 Å². The van der Waals surface area contributed by atoms with Crippen LogP contribution in [0.1, 0.15) is 0 Å². The predicted octanol–water partition coefficient (Wildman–Crippen LogP) is 1.97. The second-order valence-electron chi connectivity index (χ2n) is 1.99. The van der Waals surface area contributed by atoms with Crippen LogP contribution in [0.15, 0.2) is 24.0 Å². The zero-order chi connectivity index (χ0) is 7.78. The Balaban J connectivity index is 2.89. The van der Waals surface area contributed by atoms with E-state index in [-0.39, 0.29) is 0 Å². The monoisotopic (exact) mass is 150 g/mol. The summed E-state index contributed by atoms with van der Waals surface area (Å²) in [7, 11) is 0. The molecule has 1 aliphatic carbocycles. The topological polar surface area (TPSA) is 20.2 Å². The molecule has 1 aliphatic rings. The largest absolute Gasteiger partial charge is 0.509 e. The molecule has 0 fully saturated rings. The summed E-state index contributed by atoms with van der Waals surface area (Å²) in [5.74, 6) is -4.48. The third-order valence-corrected chi connectivity index (χ3v) is 1.18. The van der Waals surface area contributed by atoms with E-state index < -0.39 is 17.9 Å². The van der Waals surface area contributed by atoms with Crippen LogP contribution in [-0.4, -0.2) is 17.2 Å². The predicted molar refractivity (Wildman–Crippen MR) is 29.7 cm³/mol. The molecule has 0 bridgehead atoms. The van der Waals surface area contributed by atoms with Crippen molar-refractivity contribution in [2.75, 3.05) is 0 Å². The van der Waals surface area contributed by atoms with Gasteiger partial charge in [-0.25, -0.2) is 4.39 Å². The molecule has 0 spiro atoms. The summed E-state index contributed by atoms with van der Waals surface area (Å²) in [5.41, 5.74) is 0. The number of rotatable bonds is 0.